The summed E-state index contributed by atoms with van der Waals surface area (Å²) in [7, 11) is 0. The summed E-state index contributed by atoms with van der Waals surface area (Å²) in [6, 6.07) is 0. The molecule has 0 saturated heterocycles. The number of carbonyl (C=O) groups excluding carboxylic acids is 1. The fraction of sp³-hybridized carbons (Fsp3) is 0.750. The van der Waals surface area contributed by atoms with Crippen molar-refractivity contribution in [3.05, 3.63) is 0 Å². The molecule has 0 N–H and O–H groups in total. The van der Waals surface area contributed by atoms with Gasteiger partial charge in [0.2, 0.25) is 0 Å². The fourth-order valence-corrected chi connectivity index (χ4v) is 1.29. The van der Waals surface area contributed by atoms with Gasteiger partial charge in [0.05, 0.1) is 0 Å². The predicted octanol–water partition coefficient (Wildman–Crippen LogP) is 0.120. The van der Waals surface area contributed by atoms with Crippen LogP contribution >= 0.6 is 0 Å². The van der Waals surface area contributed by atoms with Gasteiger partial charge in [0.1, 0.15) is 0 Å². The molecule has 0 saturated carbocycles. The molecule has 0 heterocycles. The van der Waals surface area contributed by atoms with Crippen molar-refractivity contribution in [1.29, 1.82) is 0 Å². The Kier molecular flexibility index (Phi) is 5.73. The molecule has 0 unspecified atom stereocenters. The van der Waals surface area contributed by atoms with E-state index in [1.54, 1.807) is 0 Å². The van der Waals surface area contributed by atoms with Crippen LogP contribution in [0.4, 0.5) is 0 Å². The maximum atomic E-state index is 10.1. The maximum absolute atomic E-state index is 10.1. The molecule has 46 valence electrons. The summed E-state index contributed by atoms with van der Waals surface area (Å²) in [6.45, 7) is 3.94. The zero-order chi connectivity index (χ0) is 6.41. The van der Waals surface area contributed by atoms with Crippen LogP contribution in [0.2, 0.25) is 0 Å². The molecule has 8 heavy (non-hydrogen) atoms. The third-order valence-electron chi connectivity index (χ3n) is 0.389. The van der Waals surface area contributed by atoms with Crippen LogP contribution in [0.5, 0.6) is 0 Å². The molecule has 3 nitrogen and oxygen atoms in total. The van der Waals surface area contributed by atoms with Crippen LogP contribution < -0.4 is 0 Å². The van der Waals surface area contributed by atoms with Gasteiger partial charge in [-0.3, -0.25) is 0 Å². The van der Waals surface area contributed by atoms with Crippen molar-refractivity contribution < 1.29 is 10.2 Å². The Morgan fingerprint density at radius 3 is 2.75 bits per heavy atom. The summed E-state index contributed by atoms with van der Waals surface area (Å²) in [4.78, 5) is 10.1. The third-order valence-corrected chi connectivity index (χ3v) is 3.41. The predicted molar refractivity (Wildman–Crippen MR) is 29.1 cm³/mol. The Balaban J connectivity index is 2.82. The second-order valence-electron chi connectivity index (χ2n) is 1.11. The van der Waals surface area contributed by atoms with Gasteiger partial charge < -0.3 is 0 Å². The van der Waals surface area contributed by atoms with Crippen molar-refractivity contribution >= 4 is 31.1 Å². The van der Waals surface area contributed by atoms with Gasteiger partial charge in [-0.25, -0.2) is 0 Å². The van der Waals surface area contributed by atoms with Gasteiger partial charge in [0.25, 0.3) is 0 Å². The molecule has 0 aliphatic carbocycles. The summed E-state index contributed by atoms with van der Waals surface area (Å²) in [6.07, 6.45) is 0. The van der Waals surface area contributed by atoms with Gasteiger partial charge in [0, 0.05) is 0 Å². The standard InChI is InChI=1S/C2H4O2.C2H5O.Pb/c1-2(3)4;1-2-3;/h1H3,(H,3,4);2H2,1H3;/q;-1;+2/p-1. The summed E-state index contributed by atoms with van der Waals surface area (Å²) < 4.78 is 9.51. The Morgan fingerprint density at radius 2 is 2.38 bits per heavy atom. The van der Waals surface area contributed by atoms with Crippen molar-refractivity contribution in [2.75, 3.05) is 6.61 Å². The molecule has 0 spiro atoms. The molecule has 0 aromatic heterocycles. The average molecular weight is 311 g/mol. The minimum absolute atomic E-state index is 0.221. The van der Waals surface area contributed by atoms with Gasteiger partial charge in [-0.15, -0.1) is 0 Å². The number of hydrogen-bond donors (Lipinski definition) is 0. The molecule has 0 amide bonds. The van der Waals surface area contributed by atoms with Gasteiger partial charge in [-0.1, -0.05) is 0 Å². The molecule has 0 rings (SSSR count). The van der Waals surface area contributed by atoms with E-state index >= 15 is 0 Å². The first kappa shape index (κ1) is 8.35. The molecule has 4 heteroatoms. The molecule has 0 aliphatic rings. The second-order valence-corrected chi connectivity index (χ2v) is 3.67. The van der Waals surface area contributed by atoms with Gasteiger partial charge in [-0.2, -0.15) is 0 Å². The summed E-state index contributed by atoms with van der Waals surface area (Å²) in [5.74, 6) is -0.221. The van der Waals surface area contributed by atoms with E-state index in [0.29, 0.717) is 6.61 Å². The first-order valence-corrected chi connectivity index (χ1v) is 5.49. The summed E-state index contributed by atoms with van der Waals surface area (Å²) >= 11 is -1.41. The number of hydrogen-bond acceptors (Lipinski definition) is 3. The van der Waals surface area contributed by atoms with E-state index in [1.165, 1.54) is 6.92 Å². The molecule has 0 aliphatic heterocycles. The van der Waals surface area contributed by atoms with E-state index in [-0.39, 0.29) is 5.97 Å². The monoisotopic (exact) mass is 312 g/mol. The second kappa shape index (κ2) is 5.49. The first-order chi connectivity index (χ1) is 3.77. The van der Waals surface area contributed by atoms with Crippen LogP contribution in [-0.4, -0.2) is 37.7 Å². The fourth-order valence-electron chi connectivity index (χ4n) is 0.147. The van der Waals surface area contributed by atoms with Crippen LogP contribution in [0.25, 0.3) is 0 Å². The average Bonchev–Trinajstić information content (AvgIpc) is 1.66. The van der Waals surface area contributed by atoms with Crippen LogP contribution in [-0.2, 0) is 10.2 Å². The molecule has 0 atom stereocenters. The normalized spacial score (nSPS) is 8.75. The minimum atomic E-state index is -1.41. The van der Waals surface area contributed by atoms with Gasteiger partial charge in [0.15, 0.2) is 0 Å². The van der Waals surface area contributed by atoms with Crippen molar-refractivity contribution in [2.24, 2.45) is 0 Å². The van der Waals surface area contributed by atoms with Crippen molar-refractivity contribution in [1.82, 2.24) is 0 Å². The Bertz CT molecular complexity index is 73.7. The molecular formula is C4H8O3Pb. The van der Waals surface area contributed by atoms with E-state index in [2.05, 4.69) is 2.69 Å². The topological polar surface area (TPSA) is 35.5 Å². The van der Waals surface area contributed by atoms with Crippen LogP contribution in [0.15, 0.2) is 0 Å². The number of carbonyl (C=O) groups is 1. The molecule has 2 radical (unpaired) electrons. The first-order valence-electron chi connectivity index (χ1n) is 2.31. The summed E-state index contributed by atoms with van der Waals surface area (Å²) in [5.41, 5.74) is 0. The molecule has 0 aromatic rings. The number of rotatable bonds is 3. The molecular weight excluding hydrogens is 303 g/mol. The SMILES string of the molecule is CC[O][Pb][O]C(C)=O. The van der Waals surface area contributed by atoms with E-state index < -0.39 is 25.1 Å². The van der Waals surface area contributed by atoms with E-state index in [4.69, 9.17) is 2.69 Å². The van der Waals surface area contributed by atoms with E-state index in [1.807, 2.05) is 6.92 Å². The van der Waals surface area contributed by atoms with Crippen molar-refractivity contribution in [2.45, 2.75) is 13.8 Å². The zero-order valence-electron chi connectivity index (χ0n) is 4.93. The Hall–Kier alpha value is 0.352. The van der Waals surface area contributed by atoms with Crippen LogP contribution in [0.3, 0.4) is 0 Å². The Morgan fingerprint density at radius 1 is 1.75 bits per heavy atom. The van der Waals surface area contributed by atoms with E-state index in [0.717, 1.165) is 0 Å². The van der Waals surface area contributed by atoms with Gasteiger partial charge in [-0.05, 0) is 0 Å². The quantitative estimate of drug-likeness (QED) is 0.549. The molecule has 0 aromatic carbocycles. The third kappa shape index (κ3) is 6.35. The van der Waals surface area contributed by atoms with Crippen molar-refractivity contribution in [3.8, 4) is 0 Å². The van der Waals surface area contributed by atoms with Crippen LogP contribution in [0.1, 0.15) is 13.8 Å². The van der Waals surface area contributed by atoms with Gasteiger partial charge >= 0.3 is 61.7 Å². The summed E-state index contributed by atoms with van der Waals surface area (Å²) in [5, 5.41) is 0. The van der Waals surface area contributed by atoms with Crippen molar-refractivity contribution in [3.63, 3.8) is 0 Å². The van der Waals surface area contributed by atoms with E-state index in [9.17, 15) is 4.79 Å². The Labute approximate surface area is 61.9 Å². The zero-order valence-corrected chi connectivity index (χ0v) is 8.82. The molecule has 0 fully saturated rings. The van der Waals surface area contributed by atoms with Crippen LogP contribution in [0, 0.1) is 0 Å². The molecule has 0 bridgehead atoms.